The van der Waals surface area contributed by atoms with E-state index in [1.54, 1.807) is 5.57 Å². The molecule has 0 saturated heterocycles. The molecule has 1 N–H and O–H groups in total. The highest BCUT2D eigenvalue weighted by molar-refractivity contribution is 5.84. The van der Waals surface area contributed by atoms with Gasteiger partial charge in [-0.25, -0.2) is 0 Å². The smallest absolute Gasteiger partial charge is 0.136 e. The van der Waals surface area contributed by atoms with Crippen molar-refractivity contribution in [2.24, 2.45) is 39.9 Å². The van der Waals surface area contributed by atoms with Crippen molar-refractivity contribution < 1.29 is 9.90 Å². The lowest BCUT2D eigenvalue weighted by Gasteiger charge is -2.60. The van der Waals surface area contributed by atoms with Gasteiger partial charge in [0.25, 0.3) is 0 Å². The average Bonchev–Trinajstić information content (AvgIpc) is 2.92. The maximum Gasteiger partial charge on any atom is 0.136 e. The SMILES string of the molecule is CC(=O)C12CCCC[C@@H]1C[C@H]1C3CC=C4CC(O)CC[C@]4(C)C3CC[C@@]12C. The van der Waals surface area contributed by atoms with E-state index in [2.05, 4.69) is 19.9 Å². The topological polar surface area (TPSA) is 37.3 Å². The quantitative estimate of drug-likeness (QED) is 0.602. The molecule has 5 rings (SSSR count). The van der Waals surface area contributed by atoms with Crippen LogP contribution in [0.4, 0.5) is 0 Å². The lowest BCUT2D eigenvalue weighted by atomic mass is 9.44. The first-order valence-corrected chi connectivity index (χ1v) is 11.7. The molecule has 0 aromatic heterocycles. The van der Waals surface area contributed by atoms with E-state index in [0.717, 1.165) is 43.4 Å². The minimum absolute atomic E-state index is 0.0193. The van der Waals surface area contributed by atoms with E-state index in [1.165, 1.54) is 44.9 Å². The number of aliphatic hydroxyl groups excluding tert-OH is 1. The number of hydrogen-bond donors (Lipinski definition) is 1. The monoisotopic (exact) mass is 370 g/mol. The van der Waals surface area contributed by atoms with Crippen LogP contribution in [0.15, 0.2) is 11.6 Å². The molecule has 0 amide bonds. The standard InChI is InChI=1S/C25H38O2/c1-16(26)25-11-5-4-6-18(25)15-22-20-8-7-17-14-19(27)9-12-23(17,2)21(20)10-13-24(22,25)3/h7,18-22,27H,4-6,8-15H2,1-3H3/t18-,19?,20?,21?,22+,23+,24+,25?/m1/s1. The number of aliphatic hydroxyl groups is 1. The summed E-state index contributed by atoms with van der Waals surface area (Å²) in [5, 5.41) is 10.2. The van der Waals surface area contributed by atoms with E-state index >= 15 is 0 Å². The summed E-state index contributed by atoms with van der Waals surface area (Å²) in [5.74, 6) is 3.41. The van der Waals surface area contributed by atoms with Crippen molar-refractivity contribution in [2.75, 3.05) is 0 Å². The molecule has 0 heterocycles. The molecule has 0 aliphatic heterocycles. The number of hydrogen-bond acceptors (Lipinski definition) is 2. The fourth-order valence-corrected chi connectivity index (χ4v) is 9.44. The first-order valence-electron chi connectivity index (χ1n) is 11.7. The zero-order chi connectivity index (χ0) is 19.0. The summed E-state index contributed by atoms with van der Waals surface area (Å²) in [4.78, 5) is 13.1. The third-order valence-corrected chi connectivity index (χ3v) is 10.7. The largest absolute Gasteiger partial charge is 0.393 e. The summed E-state index contributed by atoms with van der Waals surface area (Å²) < 4.78 is 0. The van der Waals surface area contributed by atoms with E-state index in [4.69, 9.17) is 0 Å². The number of carbonyl (C=O) groups is 1. The molecule has 8 atom stereocenters. The Labute approximate surface area is 165 Å². The number of carbonyl (C=O) groups excluding carboxylic acids is 1. The normalized spacial score (nSPS) is 54.2. The number of ketones is 1. The Kier molecular flexibility index (Phi) is 4.05. The van der Waals surface area contributed by atoms with Crippen molar-refractivity contribution >= 4 is 5.78 Å². The minimum atomic E-state index is -0.120. The average molecular weight is 371 g/mol. The lowest BCUT2D eigenvalue weighted by molar-refractivity contribution is -0.147. The highest BCUT2D eigenvalue weighted by Gasteiger charge is 2.68. The van der Waals surface area contributed by atoms with Gasteiger partial charge in [0.1, 0.15) is 5.78 Å². The summed E-state index contributed by atoms with van der Waals surface area (Å²) in [7, 11) is 0. The molecule has 27 heavy (non-hydrogen) atoms. The molecule has 4 unspecified atom stereocenters. The van der Waals surface area contributed by atoms with Crippen molar-refractivity contribution in [3.63, 3.8) is 0 Å². The molecule has 2 heteroatoms. The Morgan fingerprint density at radius 2 is 1.89 bits per heavy atom. The van der Waals surface area contributed by atoms with Crippen LogP contribution in [0.1, 0.15) is 91.4 Å². The Hall–Kier alpha value is -0.630. The molecular weight excluding hydrogens is 332 g/mol. The van der Waals surface area contributed by atoms with Gasteiger partial charge in [0, 0.05) is 5.41 Å². The van der Waals surface area contributed by atoms with Gasteiger partial charge >= 0.3 is 0 Å². The second-order valence-electron chi connectivity index (χ2n) is 11.3. The van der Waals surface area contributed by atoms with E-state index in [1.807, 2.05) is 6.92 Å². The van der Waals surface area contributed by atoms with Crippen LogP contribution in [0, 0.1) is 39.9 Å². The van der Waals surface area contributed by atoms with E-state index < -0.39 is 0 Å². The summed E-state index contributed by atoms with van der Waals surface area (Å²) in [5.41, 5.74) is 2.07. The van der Waals surface area contributed by atoms with Gasteiger partial charge in [-0.3, -0.25) is 4.79 Å². The molecule has 4 saturated carbocycles. The highest BCUT2D eigenvalue weighted by atomic mass is 16.3. The van der Waals surface area contributed by atoms with Gasteiger partial charge in [-0.05, 0) is 99.2 Å². The minimum Gasteiger partial charge on any atom is -0.393 e. The zero-order valence-corrected chi connectivity index (χ0v) is 17.6. The van der Waals surface area contributed by atoms with Crippen LogP contribution in [-0.2, 0) is 4.79 Å². The summed E-state index contributed by atoms with van der Waals surface area (Å²) in [6, 6.07) is 0. The van der Waals surface area contributed by atoms with E-state index in [9.17, 15) is 9.90 Å². The number of allylic oxidation sites excluding steroid dienone is 1. The van der Waals surface area contributed by atoms with Crippen LogP contribution in [-0.4, -0.2) is 17.0 Å². The Morgan fingerprint density at radius 1 is 1.07 bits per heavy atom. The third-order valence-electron chi connectivity index (χ3n) is 10.7. The lowest BCUT2D eigenvalue weighted by Crippen LogP contribution is -2.55. The van der Waals surface area contributed by atoms with Crippen LogP contribution in [0.3, 0.4) is 0 Å². The van der Waals surface area contributed by atoms with Crippen LogP contribution in [0.25, 0.3) is 0 Å². The van der Waals surface area contributed by atoms with Crippen molar-refractivity contribution in [3.8, 4) is 0 Å². The van der Waals surface area contributed by atoms with E-state index in [-0.39, 0.29) is 16.9 Å². The van der Waals surface area contributed by atoms with Crippen LogP contribution < -0.4 is 0 Å². The van der Waals surface area contributed by atoms with Gasteiger partial charge in [0.15, 0.2) is 0 Å². The van der Waals surface area contributed by atoms with Crippen molar-refractivity contribution in [3.05, 3.63) is 11.6 Å². The number of fused-ring (bicyclic) bond motifs is 7. The van der Waals surface area contributed by atoms with Crippen molar-refractivity contribution in [1.82, 2.24) is 0 Å². The second kappa shape index (κ2) is 5.94. The highest BCUT2D eigenvalue weighted by Crippen LogP contribution is 2.73. The number of rotatable bonds is 1. The third kappa shape index (κ3) is 2.20. The maximum absolute atomic E-state index is 13.1. The fraction of sp³-hybridized carbons (Fsp3) is 0.880. The molecular formula is C25H38O2. The van der Waals surface area contributed by atoms with Gasteiger partial charge in [-0.2, -0.15) is 0 Å². The maximum atomic E-state index is 13.1. The molecule has 0 radical (unpaired) electrons. The van der Waals surface area contributed by atoms with Crippen LogP contribution in [0.2, 0.25) is 0 Å². The van der Waals surface area contributed by atoms with Crippen molar-refractivity contribution in [1.29, 1.82) is 0 Å². The van der Waals surface area contributed by atoms with Crippen LogP contribution >= 0.6 is 0 Å². The Bertz CT molecular complexity index is 680. The second-order valence-corrected chi connectivity index (χ2v) is 11.3. The van der Waals surface area contributed by atoms with Gasteiger partial charge in [-0.1, -0.05) is 38.3 Å². The summed E-state index contributed by atoms with van der Waals surface area (Å²) in [6.07, 6.45) is 15.5. The van der Waals surface area contributed by atoms with Gasteiger partial charge < -0.3 is 5.11 Å². The fourth-order valence-electron chi connectivity index (χ4n) is 9.44. The van der Waals surface area contributed by atoms with Crippen molar-refractivity contribution in [2.45, 2.75) is 97.5 Å². The van der Waals surface area contributed by atoms with Gasteiger partial charge in [0.2, 0.25) is 0 Å². The zero-order valence-electron chi connectivity index (χ0n) is 17.6. The molecule has 5 aliphatic carbocycles. The van der Waals surface area contributed by atoms with E-state index in [0.29, 0.717) is 17.1 Å². The molecule has 2 nitrogen and oxygen atoms in total. The first-order chi connectivity index (χ1) is 12.8. The Morgan fingerprint density at radius 3 is 2.67 bits per heavy atom. The number of Topliss-reactive ketones (excluding diaryl/α,β-unsaturated/α-hetero) is 1. The molecule has 5 aliphatic rings. The van der Waals surface area contributed by atoms with Gasteiger partial charge in [0.05, 0.1) is 6.10 Å². The van der Waals surface area contributed by atoms with Gasteiger partial charge in [-0.15, -0.1) is 0 Å². The van der Waals surface area contributed by atoms with Crippen LogP contribution in [0.5, 0.6) is 0 Å². The Balaban J connectivity index is 1.54. The summed E-state index contributed by atoms with van der Waals surface area (Å²) in [6.45, 7) is 6.94. The molecule has 0 spiro atoms. The predicted octanol–water partition coefficient (Wildman–Crippen LogP) is 5.69. The molecule has 0 aromatic rings. The predicted molar refractivity (Wildman–Crippen MR) is 108 cm³/mol. The molecule has 0 aromatic carbocycles. The molecule has 0 bridgehead atoms. The summed E-state index contributed by atoms with van der Waals surface area (Å²) >= 11 is 0. The molecule has 4 fully saturated rings. The first kappa shape index (κ1) is 18.4. The molecule has 150 valence electrons.